The molecule has 1 saturated heterocycles. The number of rotatable bonds is 3. The number of nitrogens with zero attached hydrogens (tertiary/aromatic N) is 1. The summed E-state index contributed by atoms with van der Waals surface area (Å²) in [6.07, 6.45) is 0.669. The van der Waals surface area contributed by atoms with Crippen molar-refractivity contribution in [1.29, 1.82) is 0 Å². The first-order valence-corrected chi connectivity index (χ1v) is 7.33. The summed E-state index contributed by atoms with van der Waals surface area (Å²) in [7, 11) is 0. The molecule has 2 heterocycles. The predicted octanol–water partition coefficient (Wildman–Crippen LogP) is 3.91. The van der Waals surface area contributed by atoms with Crippen molar-refractivity contribution in [2.24, 2.45) is 5.41 Å². The molecule has 1 aliphatic heterocycles. The summed E-state index contributed by atoms with van der Waals surface area (Å²) >= 11 is 13.4. The zero-order chi connectivity index (χ0) is 13.5. The Morgan fingerprint density at radius 3 is 2.72 bits per heavy atom. The van der Waals surface area contributed by atoms with Gasteiger partial charge in [-0.25, -0.2) is 0 Å². The Morgan fingerprint density at radius 2 is 2.28 bits per heavy atom. The minimum Gasteiger partial charge on any atom is -0.481 e. The Labute approximate surface area is 120 Å². The number of carboxylic acid groups (broad SMARTS) is 1. The van der Waals surface area contributed by atoms with Gasteiger partial charge in [-0.05, 0) is 32.9 Å². The number of carbonyl (C=O) groups is 1. The van der Waals surface area contributed by atoms with Gasteiger partial charge in [0.15, 0.2) is 0 Å². The molecule has 1 aromatic heterocycles. The molecule has 1 N–H and O–H groups in total. The lowest BCUT2D eigenvalue weighted by molar-refractivity contribution is -0.147. The highest BCUT2D eigenvalue weighted by molar-refractivity contribution is 7.20. The first-order valence-electron chi connectivity index (χ1n) is 5.76. The van der Waals surface area contributed by atoms with Crippen LogP contribution in [0.15, 0.2) is 6.07 Å². The van der Waals surface area contributed by atoms with E-state index in [2.05, 4.69) is 4.90 Å². The Hall–Kier alpha value is -0.290. The van der Waals surface area contributed by atoms with Gasteiger partial charge in [0.25, 0.3) is 0 Å². The quantitative estimate of drug-likeness (QED) is 0.920. The average molecular weight is 308 g/mol. The van der Waals surface area contributed by atoms with Crippen LogP contribution in [-0.4, -0.2) is 29.1 Å². The first kappa shape index (κ1) is 14.1. The third kappa shape index (κ3) is 2.52. The van der Waals surface area contributed by atoms with Crippen molar-refractivity contribution in [3.05, 3.63) is 20.3 Å². The number of hydrogen-bond donors (Lipinski definition) is 1. The molecule has 2 rings (SSSR count). The first-order chi connectivity index (χ1) is 8.33. The van der Waals surface area contributed by atoms with E-state index in [1.165, 1.54) is 11.3 Å². The lowest BCUT2D eigenvalue weighted by Crippen LogP contribution is -2.32. The van der Waals surface area contributed by atoms with Crippen molar-refractivity contribution in [2.75, 3.05) is 13.1 Å². The van der Waals surface area contributed by atoms with Gasteiger partial charge in [-0.1, -0.05) is 23.2 Å². The van der Waals surface area contributed by atoms with Crippen molar-refractivity contribution in [2.45, 2.75) is 26.3 Å². The van der Waals surface area contributed by atoms with E-state index in [0.717, 1.165) is 12.1 Å². The van der Waals surface area contributed by atoms with E-state index in [9.17, 15) is 9.90 Å². The molecule has 100 valence electrons. The minimum absolute atomic E-state index is 0.0995. The molecule has 0 bridgehead atoms. The molecule has 1 fully saturated rings. The van der Waals surface area contributed by atoms with E-state index in [1.807, 2.05) is 13.0 Å². The molecule has 0 amide bonds. The van der Waals surface area contributed by atoms with Crippen LogP contribution in [0.3, 0.4) is 0 Å². The molecule has 1 aliphatic rings. The van der Waals surface area contributed by atoms with Gasteiger partial charge >= 0.3 is 5.97 Å². The summed E-state index contributed by atoms with van der Waals surface area (Å²) in [5.74, 6) is -0.730. The Morgan fingerprint density at radius 1 is 1.61 bits per heavy atom. The molecule has 0 spiro atoms. The topological polar surface area (TPSA) is 40.5 Å². The van der Waals surface area contributed by atoms with Crippen LogP contribution in [0.1, 0.15) is 31.9 Å². The third-order valence-electron chi connectivity index (χ3n) is 3.70. The van der Waals surface area contributed by atoms with Gasteiger partial charge in [0, 0.05) is 18.2 Å². The number of hydrogen-bond acceptors (Lipinski definition) is 3. The Balaban J connectivity index is 2.15. The maximum absolute atomic E-state index is 11.2. The number of carboxylic acids is 1. The van der Waals surface area contributed by atoms with Crippen LogP contribution in [0, 0.1) is 5.41 Å². The Kier molecular flexibility index (Phi) is 3.93. The molecule has 0 aliphatic carbocycles. The fourth-order valence-corrected chi connectivity index (χ4v) is 3.97. The molecule has 1 aromatic rings. The minimum atomic E-state index is -0.730. The highest BCUT2D eigenvalue weighted by Gasteiger charge is 2.42. The average Bonchev–Trinajstić information content (AvgIpc) is 2.82. The molecule has 0 aromatic carbocycles. The van der Waals surface area contributed by atoms with E-state index in [4.69, 9.17) is 23.2 Å². The van der Waals surface area contributed by atoms with Crippen LogP contribution < -0.4 is 0 Å². The largest absolute Gasteiger partial charge is 0.481 e. The summed E-state index contributed by atoms with van der Waals surface area (Å²) in [5, 5.41) is 9.23. The van der Waals surface area contributed by atoms with Gasteiger partial charge < -0.3 is 5.11 Å². The van der Waals surface area contributed by atoms with Crippen molar-refractivity contribution in [3.8, 4) is 0 Å². The van der Waals surface area contributed by atoms with E-state index >= 15 is 0 Å². The molecule has 2 atom stereocenters. The maximum atomic E-state index is 11.2. The number of likely N-dealkylation sites (tertiary alicyclic amines) is 1. The fourth-order valence-electron chi connectivity index (χ4n) is 2.34. The zero-order valence-electron chi connectivity index (χ0n) is 10.2. The van der Waals surface area contributed by atoms with Crippen LogP contribution in [0.2, 0.25) is 8.67 Å². The molecule has 3 nitrogen and oxygen atoms in total. The van der Waals surface area contributed by atoms with Crippen LogP contribution in [0.25, 0.3) is 0 Å². The van der Waals surface area contributed by atoms with Crippen molar-refractivity contribution in [1.82, 2.24) is 4.90 Å². The predicted molar refractivity (Wildman–Crippen MR) is 74.7 cm³/mol. The van der Waals surface area contributed by atoms with E-state index in [0.29, 0.717) is 21.6 Å². The molecule has 2 unspecified atom stereocenters. The van der Waals surface area contributed by atoms with Gasteiger partial charge in [0.2, 0.25) is 0 Å². The summed E-state index contributed by atoms with van der Waals surface area (Å²) in [4.78, 5) is 13.4. The smallest absolute Gasteiger partial charge is 0.310 e. The number of aliphatic carboxylic acids is 1. The second kappa shape index (κ2) is 5.00. The van der Waals surface area contributed by atoms with Gasteiger partial charge in [0.1, 0.15) is 0 Å². The molecular formula is C12H15Cl2NO2S. The summed E-state index contributed by atoms with van der Waals surface area (Å²) < 4.78 is 1.36. The zero-order valence-corrected chi connectivity index (χ0v) is 12.6. The molecule has 18 heavy (non-hydrogen) atoms. The SMILES string of the molecule is CC(c1cc(Cl)sc1Cl)N1CCC(C)(C(=O)O)C1. The number of thiophene rings is 1. The van der Waals surface area contributed by atoms with Crippen LogP contribution in [0.5, 0.6) is 0 Å². The van der Waals surface area contributed by atoms with E-state index < -0.39 is 11.4 Å². The third-order valence-corrected chi connectivity index (χ3v) is 5.22. The monoisotopic (exact) mass is 307 g/mol. The molecule has 0 radical (unpaired) electrons. The lowest BCUT2D eigenvalue weighted by Gasteiger charge is -2.25. The van der Waals surface area contributed by atoms with Crippen molar-refractivity contribution < 1.29 is 9.90 Å². The van der Waals surface area contributed by atoms with E-state index in [1.54, 1.807) is 6.92 Å². The second-order valence-electron chi connectivity index (χ2n) is 5.04. The normalized spacial score (nSPS) is 26.4. The highest BCUT2D eigenvalue weighted by Crippen LogP contribution is 2.40. The summed E-state index contributed by atoms with van der Waals surface area (Å²) in [5.41, 5.74) is 0.335. The highest BCUT2D eigenvalue weighted by atomic mass is 35.5. The number of halogens is 2. The summed E-state index contributed by atoms with van der Waals surface area (Å²) in [6, 6.07) is 1.97. The molecule has 0 saturated carbocycles. The standard InChI is InChI=1S/C12H15Cl2NO2S/c1-7(8-5-9(13)18-10(8)14)15-4-3-12(2,6-15)11(16)17/h5,7H,3-4,6H2,1-2H3,(H,16,17). The van der Waals surface area contributed by atoms with Crippen molar-refractivity contribution >= 4 is 40.5 Å². The van der Waals surface area contributed by atoms with E-state index in [-0.39, 0.29) is 6.04 Å². The Bertz CT molecular complexity index is 477. The molecular weight excluding hydrogens is 293 g/mol. The summed E-state index contributed by atoms with van der Waals surface area (Å²) in [6.45, 7) is 5.16. The van der Waals surface area contributed by atoms with Crippen molar-refractivity contribution in [3.63, 3.8) is 0 Å². The second-order valence-corrected chi connectivity index (χ2v) is 7.33. The van der Waals surface area contributed by atoms with Gasteiger partial charge in [-0.15, -0.1) is 11.3 Å². The maximum Gasteiger partial charge on any atom is 0.310 e. The van der Waals surface area contributed by atoms with Gasteiger partial charge in [0.05, 0.1) is 14.1 Å². The van der Waals surface area contributed by atoms with Crippen LogP contribution in [0.4, 0.5) is 0 Å². The van der Waals surface area contributed by atoms with Crippen LogP contribution >= 0.6 is 34.5 Å². The van der Waals surface area contributed by atoms with Gasteiger partial charge in [-0.3, -0.25) is 9.69 Å². The van der Waals surface area contributed by atoms with Crippen LogP contribution in [-0.2, 0) is 4.79 Å². The lowest BCUT2D eigenvalue weighted by atomic mass is 9.90. The van der Waals surface area contributed by atoms with Gasteiger partial charge in [-0.2, -0.15) is 0 Å². The molecule has 6 heteroatoms. The fraction of sp³-hybridized carbons (Fsp3) is 0.583.